The molecule has 1 heterocycles. The second kappa shape index (κ2) is 9.59. The summed E-state index contributed by atoms with van der Waals surface area (Å²) < 4.78 is 5.56. The van der Waals surface area contributed by atoms with E-state index >= 15 is 0 Å². The number of carbonyl (C=O) groups is 2. The third kappa shape index (κ3) is 4.49. The molecule has 1 saturated heterocycles. The molecule has 2 amide bonds. The molecule has 0 aliphatic carbocycles. The van der Waals surface area contributed by atoms with Crippen LogP contribution in [0.2, 0.25) is 0 Å². The SMILES string of the molecule is CCOc1ccc(N2C(=O)CN(c3ccc(C)c(C)c3)C(=O)C2c2ccc(N(C)C)cc2)cc1. The van der Waals surface area contributed by atoms with Crippen molar-refractivity contribution in [3.05, 3.63) is 83.4 Å². The van der Waals surface area contributed by atoms with E-state index in [1.165, 1.54) is 0 Å². The molecule has 176 valence electrons. The molecule has 4 rings (SSSR count). The van der Waals surface area contributed by atoms with Gasteiger partial charge in [-0.05, 0) is 86.0 Å². The molecular formula is C28H31N3O3. The van der Waals surface area contributed by atoms with Crippen molar-refractivity contribution in [2.24, 2.45) is 0 Å². The average molecular weight is 458 g/mol. The highest BCUT2D eigenvalue weighted by atomic mass is 16.5. The lowest BCUT2D eigenvalue weighted by Crippen LogP contribution is -2.56. The average Bonchev–Trinajstić information content (AvgIpc) is 2.83. The van der Waals surface area contributed by atoms with Crippen molar-refractivity contribution < 1.29 is 14.3 Å². The van der Waals surface area contributed by atoms with Crippen molar-refractivity contribution in [1.29, 1.82) is 0 Å². The summed E-state index contributed by atoms with van der Waals surface area (Å²) in [4.78, 5) is 32.7. The standard InChI is InChI=1S/C28H31N3O3/c1-6-34-25-15-13-23(14-16-25)31-26(32)18-30(24-10-7-19(2)20(3)17-24)28(33)27(31)21-8-11-22(12-9-21)29(4)5/h7-17,27H,6,18H2,1-5H3. The molecule has 6 nitrogen and oxygen atoms in total. The van der Waals surface area contributed by atoms with Crippen LogP contribution in [0.3, 0.4) is 0 Å². The van der Waals surface area contributed by atoms with Crippen LogP contribution in [0.1, 0.15) is 29.7 Å². The summed E-state index contributed by atoms with van der Waals surface area (Å²) in [6.07, 6.45) is 0. The fourth-order valence-corrected chi connectivity index (χ4v) is 4.21. The molecule has 0 spiro atoms. The van der Waals surface area contributed by atoms with Crippen LogP contribution >= 0.6 is 0 Å². The second-order valence-corrected chi connectivity index (χ2v) is 8.77. The number of piperazine rings is 1. The number of hydrogen-bond donors (Lipinski definition) is 0. The van der Waals surface area contributed by atoms with Crippen molar-refractivity contribution >= 4 is 28.9 Å². The number of rotatable bonds is 6. The van der Waals surface area contributed by atoms with Gasteiger partial charge in [-0.15, -0.1) is 0 Å². The Kier molecular flexibility index (Phi) is 6.59. The van der Waals surface area contributed by atoms with Gasteiger partial charge in [-0.3, -0.25) is 14.5 Å². The number of anilines is 3. The van der Waals surface area contributed by atoms with Gasteiger partial charge in [0.15, 0.2) is 0 Å². The van der Waals surface area contributed by atoms with Crippen molar-refractivity contribution in [1.82, 2.24) is 0 Å². The Morgan fingerprint density at radius 2 is 1.53 bits per heavy atom. The minimum Gasteiger partial charge on any atom is -0.494 e. The molecule has 0 aromatic heterocycles. The number of ether oxygens (including phenoxy) is 1. The minimum atomic E-state index is -0.767. The van der Waals surface area contributed by atoms with E-state index in [1.807, 2.05) is 106 Å². The van der Waals surface area contributed by atoms with E-state index in [2.05, 4.69) is 0 Å². The summed E-state index contributed by atoms with van der Waals surface area (Å²) in [6.45, 7) is 6.52. The summed E-state index contributed by atoms with van der Waals surface area (Å²) in [5.41, 5.74) is 5.43. The van der Waals surface area contributed by atoms with Crippen molar-refractivity contribution in [2.75, 3.05) is 41.9 Å². The van der Waals surface area contributed by atoms with Crippen LogP contribution in [0.5, 0.6) is 5.75 Å². The monoisotopic (exact) mass is 457 g/mol. The van der Waals surface area contributed by atoms with Gasteiger partial charge in [0, 0.05) is 31.2 Å². The molecule has 0 bridgehead atoms. The molecule has 0 saturated carbocycles. The van der Waals surface area contributed by atoms with E-state index in [0.717, 1.165) is 33.8 Å². The summed E-state index contributed by atoms with van der Waals surface area (Å²) in [5.74, 6) is 0.462. The molecule has 1 unspecified atom stereocenters. The lowest BCUT2D eigenvalue weighted by Gasteiger charge is -2.40. The number of nitrogens with zero attached hydrogens (tertiary/aromatic N) is 3. The number of aryl methyl sites for hydroxylation is 2. The highest BCUT2D eigenvalue weighted by Gasteiger charge is 2.42. The van der Waals surface area contributed by atoms with Gasteiger partial charge in [-0.1, -0.05) is 18.2 Å². The third-order valence-electron chi connectivity index (χ3n) is 6.27. The lowest BCUT2D eigenvalue weighted by molar-refractivity contribution is -0.128. The molecule has 1 fully saturated rings. The van der Waals surface area contributed by atoms with Crippen LogP contribution in [0.15, 0.2) is 66.7 Å². The van der Waals surface area contributed by atoms with E-state index in [0.29, 0.717) is 12.3 Å². The van der Waals surface area contributed by atoms with Crippen LogP contribution in [0.25, 0.3) is 0 Å². The smallest absolute Gasteiger partial charge is 0.255 e. The first-order valence-electron chi connectivity index (χ1n) is 11.5. The van der Waals surface area contributed by atoms with Gasteiger partial charge in [0.05, 0.1) is 6.61 Å². The molecule has 1 atom stereocenters. The molecular weight excluding hydrogens is 426 g/mol. The predicted molar refractivity (Wildman–Crippen MR) is 137 cm³/mol. The first-order chi connectivity index (χ1) is 16.3. The molecule has 3 aromatic carbocycles. The van der Waals surface area contributed by atoms with Crippen molar-refractivity contribution in [3.63, 3.8) is 0 Å². The first-order valence-corrected chi connectivity index (χ1v) is 11.5. The first kappa shape index (κ1) is 23.4. The van der Waals surface area contributed by atoms with E-state index in [4.69, 9.17) is 4.74 Å². The third-order valence-corrected chi connectivity index (χ3v) is 6.27. The molecule has 0 N–H and O–H groups in total. The van der Waals surface area contributed by atoms with Gasteiger partial charge < -0.3 is 14.5 Å². The Hall–Kier alpha value is -3.80. The molecule has 34 heavy (non-hydrogen) atoms. The second-order valence-electron chi connectivity index (χ2n) is 8.77. The van der Waals surface area contributed by atoms with E-state index in [-0.39, 0.29) is 18.4 Å². The van der Waals surface area contributed by atoms with Gasteiger partial charge in [0.25, 0.3) is 5.91 Å². The zero-order chi connectivity index (χ0) is 24.4. The van der Waals surface area contributed by atoms with E-state index < -0.39 is 6.04 Å². The summed E-state index contributed by atoms with van der Waals surface area (Å²) in [7, 11) is 3.94. The topological polar surface area (TPSA) is 53.1 Å². The maximum absolute atomic E-state index is 13.9. The van der Waals surface area contributed by atoms with Crippen LogP contribution in [0.4, 0.5) is 17.1 Å². The fourth-order valence-electron chi connectivity index (χ4n) is 4.21. The van der Waals surface area contributed by atoms with Crippen LogP contribution in [0, 0.1) is 13.8 Å². The van der Waals surface area contributed by atoms with Crippen molar-refractivity contribution in [3.8, 4) is 5.75 Å². The number of benzene rings is 3. The zero-order valence-electron chi connectivity index (χ0n) is 20.4. The van der Waals surface area contributed by atoms with Crippen LogP contribution in [-0.4, -0.2) is 39.1 Å². The van der Waals surface area contributed by atoms with Crippen LogP contribution < -0.4 is 19.4 Å². The van der Waals surface area contributed by atoms with Crippen LogP contribution in [-0.2, 0) is 9.59 Å². The number of hydrogen-bond acceptors (Lipinski definition) is 4. The lowest BCUT2D eigenvalue weighted by atomic mass is 9.98. The fraction of sp³-hybridized carbons (Fsp3) is 0.286. The molecule has 3 aromatic rings. The van der Waals surface area contributed by atoms with Gasteiger partial charge in [-0.25, -0.2) is 0 Å². The summed E-state index contributed by atoms with van der Waals surface area (Å²) in [5, 5.41) is 0. The van der Waals surface area contributed by atoms with Gasteiger partial charge >= 0.3 is 0 Å². The zero-order valence-corrected chi connectivity index (χ0v) is 20.4. The summed E-state index contributed by atoms with van der Waals surface area (Å²) >= 11 is 0. The molecule has 6 heteroatoms. The Bertz CT molecular complexity index is 1190. The maximum Gasteiger partial charge on any atom is 0.255 e. The normalized spacial score (nSPS) is 16.1. The number of amides is 2. The van der Waals surface area contributed by atoms with E-state index in [9.17, 15) is 9.59 Å². The molecule has 1 aliphatic heterocycles. The molecule has 0 radical (unpaired) electrons. The highest BCUT2D eigenvalue weighted by molar-refractivity contribution is 6.14. The van der Waals surface area contributed by atoms with Gasteiger partial charge in [-0.2, -0.15) is 0 Å². The highest BCUT2D eigenvalue weighted by Crippen LogP contribution is 2.36. The minimum absolute atomic E-state index is 0.0131. The Morgan fingerprint density at radius 1 is 0.882 bits per heavy atom. The van der Waals surface area contributed by atoms with Crippen molar-refractivity contribution in [2.45, 2.75) is 26.8 Å². The van der Waals surface area contributed by atoms with Gasteiger partial charge in [0.1, 0.15) is 18.3 Å². The quantitative estimate of drug-likeness (QED) is 0.529. The Labute approximate surface area is 201 Å². The predicted octanol–water partition coefficient (Wildman–Crippen LogP) is 4.89. The molecule has 1 aliphatic rings. The maximum atomic E-state index is 13.9. The Morgan fingerprint density at radius 3 is 2.12 bits per heavy atom. The summed E-state index contributed by atoms with van der Waals surface area (Å²) in [6, 6.07) is 20.2. The largest absolute Gasteiger partial charge is 0.494 e. The van der Waals surface area contributed by atoms with E-state index in [1.54, 1.807) is 9.80 Å². The Balaban J connectivity index is 1.78. The van der Waals surface area contributed by atoms with Gasteiger partial charge in [0.2, 0.25) is 5.91 Å². The number of carbonyl (C=O) groups excluding carboxylic acids is 2.